The zero-order valence-electron chi connectivity index (χ0n) is 20.8. The van der Waals surface area contributed by atoms with Crippen LogP contribution in [0.2, 0.25) is 0 Å². The van der Waals surface area contributed by atoms with E-state index in [1.54, 1.807) is 18.5 Å². The van der Waals surface area contributed by atoms with Gasteiger partial charge >= 0.3 is 0 Å². The third kappa shape index (κ3) is 4.84. The molecule has 1 saturated heterocycles. The van der Waals surface area contributed by atoms with Crippen molar-refractivity contribution in [2.24, 2.45) is 0 Å². The number of rotatable bonds is 8. The Balaban J connectivity index is 1.34. The van der Waals surface area contributed by atoms with E-state index >= 15 is 0 Å². The van der Waals surface area contributed by atoms with Crippen LogP contribution in [0.25, 0.3) is 11.0 Å². The quantitative estimate of drug-likeness (QED) is 0.390. The van der Waals surface area contributed by atoms with E-state index in [2.05, 4.69) is 51.3 Å². The number of pyridine rings is 1. The third-order valence-electron chi connectivity index (χ3n) is 6.59. The van der Waals surface area contributed by atoms with Gasteiger partial charge in [0.1, 0.15) is 11.5 Å². The predicted octanol–water partition coefficient (Wildman–Crippen LogP) is 2.76. The van der Waals surface area contributed by atoms with Crippen molar-refractivity contribution in [2.45, 2.75) is 12.6 Å². The lowest BCUT2D eigenvalue weighted by Crippen LogP contribution is -2.57. The second-order valence-electron chi connectivity index (χ2n) is 9.33. The maximum Gasteiger partial charge on any atom is 0.233 e. The van der Waals surface area contributed by atoms with Crippen LogP contribution in [0.15, 0.2) is 61.1 Å². The molecule has 1 fully saturated rings. The largest absolute Gasteiger partial charge is 0.368 e. The Morgan fingerprint density at radius 3 is 2.50 bits per heavy atom. The van der Waals surface area contributed by atoms with Crippen LogP contribution >= 0.6 is 0 Å². The van der Waals surface area contributed by atoms with E-state index in [1.165, 1.54) is 23.3 Å². The molecule has 10 nitrogen and oxygen atoms in total. The topological polar surface area (TPSA) is 99.5 Å². The highest BCUT2D eigenvalue weighted by molar-refractivity contribution is 7.92. The van der Waals surface area contributed by atoms with Crippen molar-refractivity contribution in [3.63, 3.8) is 0 Å². The molecule has 0 radical (unpaired) electrons. The molecule has 11 heteroatoms. The van der Waals surface area contributed by atoms with Crippen LogP contribution in [-0.4, -0.2) is 79.4 Å². The molecule has 4 aromatic rings. The average molecular weight is 507 g/mol. The number of nitrogens with zero attached hydrogens (tertiary/aromatic N) is 7. The van der Waals surface area contributed by atoms with Crippen LogP contribution < -0.4 is 14.5 Å². The normalized spacial score (nSPS) is 14.3. The number of anilines is 4. The molecule has 5 rings (SSSR count). The second kappa shape index (κ2) is 9.40. The van der Waals surface area contributed by atoms with Gasteiger partial charge < -0.3 is 19.7 Å². The number of aromatic nitrogens is 4. The summed E-state index contributed by atoms with van der Waals surface area (Å²) in [6.45, 7) is 2.49. The molecule has 3 aromatic heterocycles. The minimum Gasteiger partial charge on any atom is -0.368 e. The van der Waals surface area contributed by atoms with Gasteiger partial charge in [-0.15, -0.1) is 0 Å². The maximum absolute atomic E-state index is 12.1. The molecule has 1 N–H and O–H groups in total. The first-order chi connectivity index (χ1) is 17.2. The van der Waals surface area contributed by atoms with E-state index in [0.717, 1.165) is 35.4 Å². The van der Waals surface area contributed by atoms with Crippen molar-refractivity contribution >= 4 is 44.2 Å². The van der Waals surface area contributed by atoms with E-state index in [0.29, 0.717) is 24.4 Å². The molecule has 0 spiro atoms. The lowest BCUT2D eigenvalue weighted by Gasteiger charge is -2.44. The van der Waals surface area contributed by atoms with Crippen molar-refractivity contribution in [1.82, 2.24) is 24.4 Å². The fraction of sp³-hybridized carbons (Fsp3) is 0.320. The van der Waals surface area contributed by atoms with Gasteiger partial charge in [-0.2, -0.15) is 4.98 Å². The van der Waals surface area contributed by atoms with Crippen molar-refractivity contribution in [3.8, 4) is 0 Å². The number of nitrogens with one attached hydrogen (secondary N) is 1. The Kier molecular flexibility index (Phi) is 6.27. The van der Waals surface area contributed by atoms with Gasteiger partial charge in [-0.3, -0.25) is 4.31 Å². The second-order valence-corrected chi connectivity index (χ2v) is 11.3. The molecule has 0 unspecified atom stereocenters. The van der Waals surface area contributed by atoms with Gasteiger partial charge in [-0.1, -0.05) is 6.07 Å². The molecule has 36 heavy (non-hydrogen) atoms. The lowest BCUT2D eigenvalue weighted by molar-refractivity contribution is 0.247. The molecule has 0 bridgehead atoms. The van der Waals surface area contributed by atoms with Crippen LogP contribution in [0.1, 0.15) is 5.56 Å². The molecular weight excluding hydrogens is 476 g/mol. The fourth-order valence-electron chi connectivity index (χ4n) is 4.21. The zero-order valence-corrected chi connectivity index (χ0v) is 21.6. The summed E-state index contributed by atoms with van der Waals surface area (Å²) in [6.07, 6.45) is 6.46. The molecule has 1 aromatic carbocycles. The van der Waals surface area contributed by atoms with Gasteiger partial charge in [0.05, 0.1) is 12.8 Å². The van der Waals surface area contributed by atoms with E-state index in [4.69, 9.17) is 4.98 Å². The summed E-state index contributed by atoms with van der Waals surface area (Å²) in [4.78, 5) is 18.1. The third-order valence-corrected chi connectivity index (χ3v) is 7.75. The average Bonchev–Trinajstić information content (AvgIpc) is 3.20. The molecule has 1 aliphatic rings. The maximum atomic E-state index is 12.1. The first kappa shape index (κ1) is 24.0. The van der Waals surface area contributed by atoms with Crippen LogP contribution in [0.4, 0.5) is 23.1 Å². The van der Waals surface area contributed by atoms with Gasteiger partial charge in [0.25, 0.3) is 0 Å². The van der Waals surface area contributed by atoms with Gasteiger partial charge in [0.15, 0.2) is 0 Å². The highest BCUT2D eigenvalue weighted by atomic mass is 32.2. The summed E-state index contributed by atoms with van der Waals surface area (Å²) in [5.74, 6) is 0.889. The van der Waals surface area contributed by atoms with E-state index in [-0.39, 0.29) is 0 Å². The number of hydrogen-bond acceptors (Lipinski definition) is 8. The Morgan fingerprint density at radius 2 is 1.81 bits per heavy atom. The highest BCUT2D eigenvalue weighted by Crippen LogP contribution is 2.26. The summed E-state index contributed by atoms with van der Waals surface area (Å²) in [6, 6.07) is 14.5. The number of hydrogen-bond donors (Lipinski definition) is 1. The minimum atomic E-state index is -3.43. The van der Waals surface area contributed by atoms with E-state index in [1.807, 2.05) is 35.0 Å². The van der Waals surface area contributed by atoms with Gasteiger partial charge in [-0.05, 0) is 50.5 Å². The van der Waals surface area contributed by atoms with Gasteiger partial charge in [0.2, 0.25) is 16.0 Å². The highest BCUT2D eigenvalue weighted by Gasteiger charge is 2.28. The number of benzene rings is 1. The molecular formula is C25H30N8O2S. The molecule has 0 saturated carbocycles. The van der Waals surface area contributed by atoms with Gasteiger partial charge in [0, 0.05) is 67.1 Å². The number of sulfonamides is 1. The Bertz CT molecular complexity index is 1480. The summed E-state index contributed by atoms with van der Waals surface area (Å²) in [7, 11) is 2.31. The number of likely N-dealkylation sites (N-methyl/N-ethyl adjacent to an activating group) is 1. The zero-order chi connectivity index (χ0) is 25.4. The summed E-state index contributed by atoms with van der Waals surface area (Å²) >= 11 is 0. The van der Waals surface area contributed by atoms with Crippen LogP contribution in [-0.2, 0) is 16.6 Å². The summed E-state index contributed by atoms with van der Waals surface area (Å²) in [5.41, 5.74) is 3.63. The summed E-state index contributed by atoms with van der Waals surface area (Å²) in [5, 5.41) is 4.19. The fourth-order valence-corrected chi connectivity index (χ4v) is 4.69. The monoisotopic (exact) mass is 506 g/mol. The van der Waals surface area contributed by atoms with Crippen molar-refractivity contribution in [1.29, 1.82) is 0 Å². The minimum absolute atomic E-state index is 0.397. The molecule has 188 valence electrons. The molecule has 4 heterocycles. The van der Waals surface area contributed by atoms with Crippen molar-refractivity contribution < 1.29 is 8.42 Å². The van der Waals surface area contributed by atoms with Crippen molar-refractivity contribution in [3.05, 3.63) is 66.6 Å². The molecule has 0 amide bonds. The molecule has 1 aliphatic heterocycles. The van der Waals surface area contributed by atoms with E-state index < -0.39 is 10.0 Å². The lowest BCUT2D eigenvalue weighted by atomic mass is 10.1. The van der Waals surface area contributed by atoms with Gasteiger partial charge in [-0.25, -0.2) is 18.4 Å². The summed E-state index contributed by atoms with van der Waals surface area (Å²) < 4.78 is 27.3. The Morgan fingerprint density at radius 1 is 1.06 bits per heavy atom. The Labute approximate surface area is 211 Å². The Hall–Kier alpha value is -3.70. The smallest absolute Gasteiger partial charge is 0.233 e. The van der Waals surface area contributed by atoms with E-state index in [9.17, 15) is 8.42 Å². The molecule has 0 aliphatic carbocycles. The standard InChI is InChI=1S/C25H30N8O2S/c1-30(2)22-16-33(17-22)21-9-7-20(8-10-21)28-25-27-14-18-11-13-32(24(18)29-25)15-19-6-5-12-26-23(19)31(3)36(4,34)35/h5-14,22H,15-17H2,1-4H3,(H,27,28,29). The molecule has 0 atom stereocenters. The van der Waals surface area contributed by atoms with Crippen molar-refractivity contribution in [2.75, 3.05) is 55.0 Å². The van der Waals surface area contributed by atoms with Crippen LogP contribution in [0.3, 0.4) is 0 Å². The number of fused-ring (bicyclic) bond motifs is 1. The van der Waals surface area contributed by atoms with Crippen LogP contribution in [0, 0.1) is 0 Å². The first-order valence-electron chi connectivity index (χ1n) is 11.7. The SMILES string of the molecule is CN(C)C1CN(c2ccc(Nc3ncc4ccn(Cc5cccnc5N(C)S(C)(=O)=O)c4n3)cc2)C1. The van der Waals surface area contributed by atoms with Crippen LogP contribution in [0.5, 0.6) is 0 Å². The first-order valence-corrected chi connectivity index (χ1v) is 13.5. The predicted molar refractivity (Wildman–Crippen MR) is 144 cm³/mol.